The molecule has 19 heavy (non-hydrogen) atoms. The summed E-state index contributed by atoms with van der Waals surface area (Å²) in [4.78, 5) is 18.9. The number of carboxylic acids is 1. The first-order valence-electron chi connectivity index (χ1n) is 6.50. The van der Waals surface area contributed by atoms with Crippen LogP contribution >= 0.6 is 11.8 Å². The van der Waals surface area contributed by atoms with Gasteiger partial charge in [0.15, 0.2) is 0 Å². The lowest BCUT2D eigenvalue weighted by atomic mass is 9.95. The van der Waals surface area contributed by atoms with Gasteiger partial charge in [-0.05, 0) is 19.1 Å². The molecule has 0 spiro atoms. The Morgan fingerprint density at radius 2 is 2.32 bits per heavy atom. The van der Waals surface area contributed by atoms with E-state index < -0.39 is 5.97 Å². The Morgan fingerprint density at radius 3 is 3.05 bits per heavy atom. The maximum atomic E-state index is 11.1. The van der Waals surface area contributed by atoms with Crippen molar-refractivity contribution >= 4 is 17.7 Å². The Labute approximate surface area is 117 Å². The number of carbonyl (C=O) groups is 1. The second kappa shape index (κ2) is 6.86. The van der Waals surface area contributed by atoms with Gasteiger partial charge in [0.05, 0.1) is 5.69 Å². The number of hydrogen-bond donors (Lipinski definition) is 2. The maximum Gasteiger partial charge on any atom is 0.339 e. The Morgan fingerprint density at radius 1 is 1.53 bits per heavy atom. The van der Waals surface area contributed by atoms with Crippen molar-refractivity contribution in [2.24, 2.45) is 0 Å². The van der Waals surface area contributed by atoms with Crippen LogP contribution < -0.4 is 5.32 Å². The van der Waals surface area contributed by atoms with Crippen LogP contribution in [0.2, 0.25) is 0 Å². The summed E-state index contributed by atoms with van der Waals surface area (Å²) in [6, 6.07) is 0.445. The zero-order valence-corrected chi connectivity index (χ0v) is 11.8. The van der Waals surface area contributed by atoms with E-state index in [1.165, 1.54) is 31.8 Å². The number of carboxylic acid groups (broad SMARTS) is 1. The number of nitrogens with one attached hydrogen (secondary N) is 1. The van der Waals surface area contributed by atoms with Crippen LogP contribution in [0.4, 0.5) is 0 Å². The summed E-state index contributed by atoms with van der Waals surface area (Å²) in [6.07, 6.45) is 9.81. The Bertz CT molecular complexity index is 442. The van der Waals surface area contributed by atoms with E-state index in [9.17, 15) is 4.79 Å². The van der Waals surface area contributed by atoms with E-state index in [1.54, 1.807) is 0 Å². The summed E-state index contributed by atoms with van der Waals surface area (Å²) in [5, 5.41) is 13.2. The first-order valence-corrected chi connectivity index (χ1v) is 7.79. The quantitative estimate of drug-likeness (QED) is 0.859. The van der Waals surface area contributed by atoms with Crippen molar-refractivity contribution < 1.29 is 9.90 Å². The van der Waals surface area contributed by atoms with Gasteiger partial charge in [0, 0.05) is 24.0 Å². The molecule has 0 saturated heterocycles. The highest BCUT2D eigenvalue weighted by Crippen LogP contribution is 2.27. The van der Waals surface area contributed by atoms with Gasteiger partial charge in [-0.1, -0.05) is 12.8 Å². The Balaban J connectivity index is 2.00. The van der Waals surface area contributed by atoms with Crippen LogP contribution in [0.3, 0.4) is 0 Å². The van der Waals surface area contributed by atoms with Gasteiger partial charge in [0.25, 0.3) is 0 Å². The molecule has 1 aromatic rings. The SMILES string of the molecule is CSC1CCCCC1NCc1ncncc1C(=O)O. The Hall–Kier alpha value is -1.14. The normalized spacial score (nSPS) is 23.2. The first-order chi connectivity index (χ1) is 9.22. The van der Waals surface area contributed by atoms with E-state index in [0.717, 1.165) is 6.42 Å². The molecule has 1 heterocycles. The highest BCUT2D eigenvalue weighted by Gasteiger charge is 2.24. The zero-order chi connectivity index (χ0) is 13.7. The summed E-state index contributed by atoms with van der Waals surface area (Å²) in [6.45, 7) is 0.492. The number of hydrogen-bond acceptors (Lipinski definition) is 5. The molecule has 1 fully saturated rings. The van der Waals surface area contributed by atoms with Crippen molar-refractivity contribution in [3.63, 3.8) is 0 Å². The van der Waals surface area contributed by atoms with Gasteiger partial charge >= 0.3 is 5.97 Å². The van der Waals surface area contributed by atoms with Gasteiger partial charge in [-0.2, -0.15) is 11.8 Å². The minimum atomic E-state index is -0.970. The molecule has 2 rings (SSSR count). The molecular weight excluding hydrogens is 262 g/mol. The number of thioether (sulfide) groups is 1. The second-order valence-corrected chi connectivity index (χ2v) is 5.81. The van der Waals surface area contributed by atoms with E-state index in [-0.39, 0.29) is 5.56 Å². The minimum Gasteiger partial charge on any atom is -0.478 e. The van der Waals surface area contributed by atoms with Gasteiger partial charge in [-0.15, -0.1) is 0 Å². The van der Waals surface area contributed by atoms with Crippen molar-refractivity contribution in [1.29, 1.82) is 0 Å². The predicted molar refractivity (Wildman–Crippen MR) is 75.4 cm³/mol. The van der Waals surface area contributed by atoms with Crippen molar-refractivity contribution in [1.82, 2.24) is 15.3 Å². The third-order valence-corrected chi connectivity index (χ3v) is 4.73. The average Bonchev–Trinajstić information content (AvgIpc) is 2.45. The largest absolute Gasteiger partial charge is 0.478 e. The summed E-state index contributed by atoms with van der Waals surface area (Å²) in [7, 11) is 0. The van der Waals surface area contributed by atoms with Gasteiger partial charge in [0.2, 0.25) is 0 Å². The van der Waals surface area contributed by atoms with Crippen molar-refractivity contribution in [2.75, 3.05) is 6.26 Å². The topological polar surface area (TPSA) is 75.1 Å². The van der Waals surface area contributed by atoms with Crippen LogP contribution in [0.1, 0.15) is 41.7 Å². The predicted octanol–water partition coefficient (Wildman–Crippen LogP) is 1.94. The summed E-state index contributed by atoms with van der Waals surface area (Å²) >= 11 is 1.89. The van der Waals surface area contributed by atoms with Crippen molar-refractivity contribution in [3.8, 4) is 0 Å². The molecule has 2 atom stereocenters. The average molecular weight is 281 g/mol. The lowest BCUT2D eigenvalue weighted by Crippen LogP contribution is -2.40. The minimum absolute atomic E-state index is 0.187. The van der Waals surface area contributed by atoms with E-state index in [0.29, 0.717) is 23.5 Å². The van der Waals surface area contributed by atoms with Crippen LogP contribution in [0.15, 0.2) is 12.5 Å². The summed E-state index contributed by atoms with van der Waals surface area (Å²) in [5.74, 6) is -0.970. The van der Waals surface area contributed by atoms with Crippen LogP contribution in [0.25, 0.3) is 0 Å². The fraction of sp³-hybridized carbons (Fsp3) is 0.615. The molecule has 0 aliphatic heterocycles. The van der Waals surface area contributed by atoms with E-state index in [4.69, 9.17) is 5.11 Å². The third kappa shape index (κ3) is 3.67. The van der Waals surface area contributed by atoms with Crippen LogP contribution in [0, 0.1) is 0 Å². The van der Waals surface area contributed by atoms with Crippen molar-refractivity contribution in [2.45, 2.75) is 43.5 Å². The third-order valence-electron chi connectivity index (χ3n) is 3.56. The fourth-order valence-corrected chi connectivity index (χ4v) is 3.48. The summed E-state index contributed by atoms with van der Waals surface area (Å²) in [5.41, 5.74) is 0.749. The fourth-order valence-electron chi connectivity index (χ4n) is 2.51. The molecule has 5 nitrogen and oxygen atoms in total. The number of nitrogens with zero attached hydrogens (tertiary/aromatic N) is 2. The van der Waals surface area contributed by atoms with Crippen LogP contribution in [0.5, 0.6) is 0 Å². The molecule has 1 aromatic heterocycles. The van der Waals surface area contributed by atoms with Crippen molar-refractivity contribution in [3.05, 3.63) is 23.8 Å². The van der Waals surface area contributed by atoms with Gasteiger partial charge in [-0.25, -0.2) is 14.8 Å². The van der Waals surface area contributed by atoms with E-state index in [1.807, 2.05) is 11.8 Å². The molecule has 1 aliphatic rings. The highest BCUT2D eigenvalue weighted by atomic mass is 32.2. The molecule has 1 saturated carbocycles. The summed E-state index contributed by atoms with van der Waals surface area (Å²) < 4.78 is 0. The molecule has 0 amide bonds. The van der Waals surface area contributed by atoms with Crippen LogP contribution in [-0.2, 0) is 6.54 Å². The Kier molecular flexibility index (Phi) is 5.15. The van der Waals surface area contributed by atoms with Gasteiger partial charge < -0.3 is 10.4 Å². The molecule has 6 heteroatoms. The van der Waals surface area contributed by atoms with E-state index >= 15 is 0 Å². The monoisotopic (exact) mass is 281 g/mol. The molecule has 0 radical (unpaired) electrons. The maximum absolute atomic E-state index is 11.1. The molecule has 0 aromatic carbocycles. The number of rotatable bonds is 5. The molecule has 2 N–H and O–H groups in total. The lowest BCUT2D eigenvalue weighted by molar-refractivity contribution is 0.0694. The number of aromatic carboxylic acids is 1. The first kappa shape index (κ1) is 14.3. The molecule has 0 bridgehead atoms. The number of aromatic nitrogens is 2. The van der Waals surface area contributed by atoms with Gasteiger partial charge in [0.1, 0.15) is 11.9 Å². The molecular formula is C13H19N3O2S. The van der Waals surface area contributed by atoms with Gasteiger partial charge in [-0.3, -0.25) is 0 Å². The smallest absolute Gasteiger partial charge is 0.339 e. The lowest BCUT2D eigenvalue weighted by Gasteiger charge is -2.31. The van der Waals surface area contributed by atoms with Crippen LogP contribution in [-0.4, -0.2) is 38.6 Å². The molecule has 1 aliphatic carbocycles. The zero-order valence-electron chi connectivity index (χ0n) is 11.0. The molecule has 2 unspecified atom stereocenters. The standard InChI is InChI=1S/C13H19N3O2S/c1-19-12-5-3-2-4-10(12)15-7-11-9(13(17)18)6-14-8-16-11/h6,8,10,12,15H,2-5,7H2,1H3,(H,17,18). The molecule has 104 valence electrons. The second-order valence-electron chi connectivity index (χ2n) is 4.73. The van der Waals surface area contributed by atoms with E-state index in [2.05, 4.69) is 21.5 Å². The highest BCUT2D eigenvalue weighted by molar-refractivity contribution is 7.99.